The number of nitrogens with one attached hydrogen (secondary N) is 2. The Bertz CT molecular complexity index is 845. The van der Waals surface area contributed by atoms with E-state index < -0.39 is 0 Å². The lowest BCUT2D eigenvalue weighted by Gasteiger charge is -2.10. The minimum absolute atomic E-state index is 0.367. The lowest BCUT2D eigenvalue weighted by Crippen LogP contribution is -2.06. The molecular formula is C18H18N4O3. The zero-order valence-corrected chi connectivity index (χ0v) is 13.9. The van der Waals surface area contributed by atoms with Gasteiger partial charge in [-0.1, -0.05) is 0 Å². The van der Waals surface area contributed by atoms with E-state index in [1.807, 2.05) is 25.1 Å². The second-order valence-electron chi connectivity index (χ2n) is 5.35. The van der Waals surface area contributed by atoms with Crippen LogP contribution in [-0.2, 0) is 11.3 Å². The summed E-state index contributed by atoms with van der Waals surface area (Å²) in [5.41, 5.74) is 2.13. The molecule has 0 radical (unpaired) electrons. The van der Waals surface area contributed by atoms with Gasteiger partial charge in [-0.25, -0.2) is 9.78 Å². The number of anilines is 3. The Balaban J connectivity index is 1.70. The van der Waals surface area contributed by atoms with Gasteiger partial charge in [0.2, 0.25) is 5.95 Å². The minimum atomic E-state index is -0.367. The van der Waals surface area contributed by atoms with Crippen LogP contribution in [0.5, 0.6) is 0 Å². The third-order valence-electron chi connectivity index (χ3n) is 3.43. The predicted molar refractivity (Wildman–Crippen MR) is 93.9 cm³/mol. The van der Waals surface area contributed by atoms with Crippen molar-refractivity contribution in [2.75, 3.05) is 17.7 Å². The number of carbonyl (C=O) groups is 1. The molecule has 0 aliphatic heterocycles. The van der Waals surface area contributed by atoms with Crippen LogP contribution in [0.4, 0.5) is 17.5 Å². The van der Waals surface area contributed by atoms with Crippen molar-refractivity contribution in [3.8, 4) is 0 Å². The van der Waals surface area contributed by atoms with Crippen molar-refractivity contribution in [3.63, 3.8) is 0 Å². The van der Waals surface area contributed by atoms with Crippen LogP contribution >= 0.6 is 0 Å². The molecule has 2 N–H and O–H groups in total. The van der Waals surface area contributed by atoms with Crippen molar-refractivity contribution in [2.45, 2.75) is 13.5 Å². The van der Waals surface area contributed by atoms with Gasteiger partial charge in [0.05, 0.1) is 25.5 Å². The Morgan fingerprint density at radius 2 is 2.00 bits per heavy atom. The van der Waals surface area contributed by atoms with Crippen LogP contribution in [0.2, 0.25) is 0 Å². The van der Waals surface area contributed by atoms with Crippen LogP contribution in [0, 0.1) is 6.92 Å². The molecule has 0 unspecified atom stereocenters. The fraction of sp³-hybridized carbons (Fsp3) is 0.167. The normalized spacial score (nSPS) is 10.3. The van der Waals surface area contributed by atoms with Gasteiger partial charge in [0, 0.05) is 17.4 Å². The zero-order chi connectivity index (χ0) is 17.6. The summed E-state index contributed by atoms with van der Waals surface area (Å²) in [4.78, 5) is 20.3. The molecule has 1 aromatic carbocycles. The summed E-state index contributed by atoms with van der Waals surface area (Å²) in [6.07, 6.45) is 1.62. The number of aryl methyl sites for hydroxylation is 1. The molecule has 0 fully saturated rings. The molecule has 25 heavy (non-hydrogen) atoms. The number of rotatable bonds is 6. The summed E-state index contributed by atoms with van der Waals surface area (Å²) >= 11 is 0. The number of esters is 1. The van der Waals surface area contributed by atoms with Crippen molar-refractivity contribution in [1.82, 2.24) is 9.97 Å². The molecule has 7 nitrogen and oxygen atoms in total. The highest BCUT2D eigenvalue weighted by Crippen LogP contribution is 2.18. The third kappa shape index (κ3) is 4.35. The number of nitrogens with zero attached hydrogens (tertiary/aromatic N) is 2. The summed E-state index contributed by atoms with van der Waals surface area (Å²) in [7, 11) is 1.36. The van der Waals surface area contributed by atoms with Gasteiger partial charge in [-0.05, 0) is 43.3 Å². The molecule has 0 aliphatic rings. The van der Waals surface area contributed by atoms with Gasteiger partial charge in [-0.3, -0.25) is 0 Å². The fourth-order valence-electron chi connectivity index (χ4n) is 2.25. The molecule has 0 bridgehead atoms. The van der Waals surface area contributed by atoms with Gasteiger partial charge in [-0.2, -0.15) is 4.98 Å². The Hall–Kier alpha value is -3.35. The first kappa shape index (κ1) is 16.5. The van der Waals surface area contributed by atoms with Gasteiger partial charge >= 0.3 is 5.97 Å². The number of hydrogen-bond acceptors (Lipinski definition) is 7. The fourth-order valence-corrected chi connectivity index (χ4v) is 2.25. The summed E-state index contributed by atoms with van der Waals surface area (Å²) < 4.78 is 9.97. The average Bonchev–Trinajstić information content (AvgIpc) is 3.13. The average molecular weight is 338 g/mol. The first-order valence-electron chi connectivity index (χ1n) is 7.71. The van der Waals surface area contributed by atoms with Crippen LogP contribution in [-0.4, -0.2) is 23.0 Å². The van der Waals surface area contributed by atoms with E-state index in [1.165, 1.54) is 7.11 Å². The molecule has 2 heterocycles. The van der Waals surface area contributed by atoms with Crippen LogP contribution in [0.25, 0.3) is 0 Å². The largest absolute Gasteiger partial charge is 0.467 e. The Labute approximate surface area is 145 Å². The van der Waals surface area contributed by atoms with Crippen LogP contribution in [0.1, 0.15) is 21.8 Å². The van der Waals surface area contributed by atoms with Gasteiger partial charge in [-0.15, -0.1) is 0 Å². The molecule has 0 amide bonds. The Morgan fingerprint density at radius 1 is 1.20 bits per heavy atom. The molecular weight excluding hydrogens is 320 g/mol. The van der Waals surface area contributed by atoms with Gasteiger partial charge in [0.25, 0.3) is 0 Å². The highest BCUT2D eigenvalue weighted by Gasteiger charge is 2.06. The van der Waals surface area contributed by atoms with Crippen LogP contribution in [0.3, 0.4) is 0 Å². The number of hydrogen-bond donors (Lipinski definition) is 2. The molecule has 0 atom stereocenters. The molecule has 3 aromatic rings. The number of aromatic nitrogens is 2. The number of methoxy groups -OCH3 is 1. The highest BCUT2D eigenvalue weighted by atomic mass is 16.5. The maximum atomic E-state index is 11.5. The molecule has 7 heteroatoms. The lowest BCUT2D eigenvalue weighted by molar-refractivity contribution is 0.0601. The first-order chi connectivity index (χ1) is 12.1. The molecule has 0 saturated carbocycles. The summed E-state index contributed by atoms with van der Waals surface area (Å²) in [5.74, 6) is 1.59. The number of ether oxygens (including phenoxy) is 1. The predicted octanol–water partition coefficient (Wildman–Crippen LogP) is 3.52. The van der Waals surface area contributed by atoms with Crippen LogP contribution < -0.4 is 10.6 Å². The number of benzene rings is 1. The Morgan fingerprint density at radius 3 is 2.68 bits per heavy atom. The number of carbonyl (C=O) groups excluding carboxylic acids is 1. The van der Waals surface area contributed by atoms with E-state index in [-0.39, 0.29) is 5.97 Å². The monoisotopic (exact) mass is 338 g/mol. The molecule has 2 aromatic heterocycles. The molecule has 0 saturated heterocycles. The Kier molecular flexibility index (Phi) is 4.94. The smallest absolute Gasteiger partial charge is 0.337 e. The van der Waals surface area contributed by atoms with E-state index in [1.54, 1.807) is 30.5 Å². The van der Waals surface area contributed by atoms with E-state index in [9.17, 15) is 4.79 Å². The zero-order valence-electron chi connectivity index (χ0n) is 13.9. The second kappa shape index (κ2) is 7.48. The van der Waals surface area contributed by atoms with Gasteiger partial charge < -0.3 is 19.8 Å². The number of furan rings is 1. The second-order valence-corrected chi connectivity index (χ2v) is 5.35. The summed E-state index contributed by atoms with van der Waals surface area (Å²) in [6, 6.07) is 12.5. The van der Waals surface area contributed by atoms with Crippen molar-refractivity contribution < 1.29 is 13.9 Å². The van der Waals surface area contributed by atoms with E-state index >= 15 is 0 Å². The quantitative estimate of drug-likeness (QED) is 0.665. The summed E-state index contributed by atoms with van der Waals surface area (Å²) in [6.45, 7) is 2.40. The van der Waals surface area contributed by atoms with E-state index in [0.29, 0.717) is 23.9 Å². The minimum Gasteiger partial charge on any atom is -0.467 e. The van der Waals surface area contributed by atoms with E-state index in [0.717, 1.165) is 17.1 Å². The van der Waals surface area contributed by atoms with Gasteiger partial charge in [0.1, 0.15) is 11.6 Å². The molecule has 0 aliphatic carbocycles. The van der Waals surface area contributed by atoms with E-state index in [4.69, 9.17) is 4.42 Å². The molecule has 128 valence electrons. The first-order valence-corrected chi connectivity index (χ1v) is 7.71. The van der Waals surface area contributed by atoms with Crippen molar-refractivity contribution in [1.29, 1.82) is 0 Å². The standard InChI is InChI=1S/C18H18N4O3/c1-12-10-16(21-14-7-5-13(6-8-14)17(23)24-2)22-18(20-12)19-11-15-4-3-9-25-15/h3-10H,11H2,1-2H3,(H2,19,20,21,22). The van der Waals surface area contributed by atoms with Crippen molar-refractivity contribution in [2.24, 2.45) is 0 Å². The maximum absolute atomic E-state index is 11.5. The van der Waals surface area contributed by atoms with Crippen molar-refractivity contribution in [3.05, 3.63) is 65.7 Å². The summed E-state index contributed by atoms with van der Waals surface area (Å²) in [5, 5.41) is 6.32. The molecule has 0 spiro atoms. The highest BCUT2D eigenvalue weighted by molar-refractivity contribution is 5.89. The van der Waals surface area contributed by atoms with E-state index in [2.05, 4.69) is 25.3 Å². The lowest BCUT2D eigenvalue weighted by atomic mass is 10.2. The SMILES string of the molecule is COC(=O)c1ccc(Nc2cc(C)nc(NCc3ccco3)n2)cc1. The maximum Gasteiger partial charge on any atom is 0.337 e. The third-order valence-corrected chi connectivity index (χ3v) is 3.43. The molecule has 3 rings (SSSR count). The topological polar surface area (TPSA) is 89.3 Å². The van der Waals surface area contributed by atoms with Crippen LogP contribution in [0.15, 0.2) is 53.1 Å². The van der Waals surface area contributed by atoms with Gasteiger partial charge in [0.15, 0.2) is 0 Å². The van der Waals surface area contributed by atoms with Crippen molar-refractivity contribution >= 4 is 23.4 Å².